The molecule has 6 heteroatoms. The van der Waals surface area contributed by atoms with E-state index in [1.165, 1.54) is 0 Å². The van der Waals surface area contributed by atoms with Crippen LogP contribution in [0.4, 0.5) is 5.69 Å². The Morgan fingerprint density at radius 1 is 1.07 bits per heavy atom. The van der Waals surface area contributed by atoms with Gasteiger partial charge in [-0.15, -0.1) is 0 Å². The molecule has 2 aromatic carbocycles. The van der Waals surface area contributed by atoms with E-state index in [0.29, 0.717) is 44.2 Å². The molecule has 0 bridgehead atoms. The third-order valence-electron chi connectivity index (χ3n) is 4.37. The molecule has 1 fully saturated rings. The summed E-state index contributed by atoms with van der Waals surface area (Å²) in [7, 11) is 0. The number of carbonyl (C=O) groups is 2. The molecule has 1 aliphatic heterocycles. The molecule has 3 rings (SSSR count). The van der Waals surface area contributed by atoms with Gasteiger partial charge in [0.05, 0.1) is 19.6 Å². The van der Waals surface area contributed by atoms with E-state index < -0.39 is 6.10 Å². The van der Waals surface area contributed by atoms with Crippen LogP contribution in [0.3, 0.4) is 0 Å². The first-order valence-corrected chi connectivity index (χ1v) is 9.09. The van der Waals surface area contributed by atoms with E-state index in [1.54, 1.807) is 19.1 Å². The molecule has 142 valence electrons. The number of amides is 2. The Morgan fingerprint density at radius 2 is 1.74 bits per heavy atom. The van der Waals surface area contributed by atoms with Crippen LogP contribution in [-0.4, -0.2) is 49.1 Å². The summed E-state index contributed by atoms with van der Waals surface area (Å²) < 4.78 is 10.9. The van der Waals surface area contributed by atoms with Crippen molar-refractivity contribution >= 4 is 17.5 Å². The highest BCUT2D eigenvalue weighted by atomic mass is 16.5. The zero-order valence-corrected chi connectivity index (χ0v) is 15.4. The van der Waals surface area contributed by atoms with Crippen molar-refractivity contribution in [1.29, 1.82) is 0 Å². The van der Waals surface area contributed by atoms with E-state index in [1.807, 2.05) is 47.4 Å². The molecule has 0 spiro atoms. The van der Waals surface area contributed by atoms with E-state index >= 15 is 0 Å². The Hall–Kier alpha value is -2.86. The molecule has 1 heterocycles. The third-order valence-corrected chi connectivity index (χ3v) is 4.37. The van der Waals surface area contributed by atoms with E-state index in [-0.39, 0.29) is 11.8 Å². The molecule has 1 saturated heterocycles. The fourth-order valence-electron chi connectivity index (χ4n) is 2.81. The van der Waals surface area contributed by atoms with Gasteiger partial charge in [0.1, 0.15) is 5.75 Å². The highest BCUT2D eigenvalue weighted by molar-refractivity contribution is 5.94. The first-order valence-electron chi connectivity index (χ1n) is 9.09. The lowest BCUT2D eigenvalue weighted by molar-refractivity contribution is -0.134. The fraction of sp³-hybridized carbons (Fsp3) is 0.333. The summed E-state index contributed by atoms with van der Waals surface area (Å²) >= 11 is 0. The van der Waals surface area contributed by atoms with Crippen molar-refractivity contribution in [2.45, 2.75) is 19.4 Å². The minimum Gasteiger partial charge on any atom is -0.481 e. The van der Waals surface area contributed by atoms with Crippen LogP contribution in [0.2, 0.25) is 0 Å². The smallest absolute Gasteiger partial charge is 0.265 e. The molecule has 0 aliphatic carbocycles. The van der Waals surface area contributed by atoms with Gasteiger partial charge in [-0.2, -0.15) is 0 Å². The molecule has 27 heavy (non-hydrogen) atoms. The molecule has 0 saturated carbocycles. The second-order valence-corrected chi connectivity index (χ2v) is 6.43. The van der Waals surface area contributed by atoms with Gasteiger partial charge in [0.2, 0.25) is 5.91 Å². The summed E-state index contributed by atoms with van der Waals surface area (Å²) in [6, 6.07) is 16.5. The second kappa shape index (κ2) is 9.19. The lowest BCUT2D eigenvalue weighted by atomic mass is 10.1. The number of carbonyl (C=O) groups excluding carboxylic acids is 2. The number of benzene rings is 2. The fourth-order valence-corrected chi connectivity index (χ4v) is 2.81. The SMILES string of the molecule is C[C@H](Oc1ccccc1)C(=O)Nc1ccc(CC(=O)N2CCOCC2)cc1. The second-order valence-electron chi connectivity index (χ2n) is 6.43. The highest BCUT2D eigenvalue weighted by Gasteiger charge is 2.17. The standard InChI is InChI=1S/C21H24N2O4/c1-16(27-19-5-3-2-4-6-19)21(25)22-18-9-7-17(8-10-18)15-20(24)23-11-13-26-14-12-23/h2-10,16H,11-15H2,1H3,(H,22,25)/t16-/m0/s1. The van der Waals surface area contributed by atoms with Crippen LogP contribution in [0, 0.1) is 0 Å². The Labute approximate surface area is 159 Å². The van der Waals surface area contributed by atoms with Crippen molar-refractivity contribution in [2.75, 3.05) is 31.6 Å². The molecular formula is C21H24N2O4. The molecule has 0 aromatic heterocycles. The molecule has 0 radical (unpaired) electrons. The minimum absolute atomic E-state index is 0.0972. The van der Waals surface area contributed by atoms with E-state index in [0.717, 1.165) is 5.56 Å². The lowest BCUT2D eigenvalue weighted by Gasteiger charge is -2.26. The van der Waals surface area contributed by atoms with Gasteiger partial charge < -0.3 is 19.7 Å². The normalized spacial score (nSPS) is 15.1. The average molecular weight is 368 g/mol. The number of hydrogen-bond donors (Lipinski definition) is 1. The number of morpholine rings is 1. The molecule has 6 nitrogen and oxygen atoms in total. The maximum absolute atomic E-state index is 12.3. The Bertz CT molecular complexity index is 756. The van der Waals surface area contributed by atoms with Crippen LogP contribution in [0.5, 0.6) is 5.75 Å². The Morgan fingerprint density at radius 3 is 2.41 bits per heavy atom. The van der Waals surface area contributed by atoms with Gasteiger partial charge in [-0.1, -0.05) is 30.3 Å². The quantitative estimate of drug-likeness (QED) is 0.851. The summed E-state index contributed by atoms with van der Waals surface area (Å²) in [6.07, 6.45) is -0.267. The lowest BCUT2D eigenvalue weighted by Crippen LogP contribution is -2.41. The summed E-state index contributed by atoms with van der Waals surface area (Å²) in [5, 5.41) is 2.83. The topological polar surface area (TPSA) is 67.9 Å². The summed E-state index contributed by atoms with van der Waals surface area (Å²) in [6.45, 7) is 4.19. The molecule has 1 atom stereocenters. The van der Waals surface area contributed by atoms with E-state index in [4.69, 9.17) is 9.47 Å². The number of hydrogen-bond acceptors (Lipinski definition) is 4. The first-order chi connectivity index (χ1) is 13.1. The maximum Gasteiger partial charge on any atom is 0.265 e. The maximum atomic E-state index is 12.3. The van der Waals surface area contributed by atoms with Crippen LogP contribution in [0.25, 0.3) is 0 Å². The molecule has 1 N–H and O–H groups in total. The van der Waals surface area contributed by atoms with Gasteiger partial charge >= 0.3 is 0 Å². The predicted octanol–water partition coefficient (Wildman–Crippen LogP) is 2.49. The number of nitrogens with zero attached hydrogens (tertiary/aromatic N) is 1. The molecule has 2 amide bonds. The van der Waals surface area contributed by atoms with Gasteiger partial charge in [0.15, 0.2) is 6.10 Å². The predicted molar refractivity (Wildman–Crippen MR) is 103 cm³/mol. The monoisotopic (exact) mass is 368 g/mol. The zero-order chi connectivity index (χ0) is 19.1. The molecule has 2 aromatic rings. The number of rotatable bonds is 6. The Kier molecular flexibility index (Phi) is 6.44. The molecule has 0 unspecified atom stereocenters. The third kappa shape index (κ3) is 5.56. The number of anilines is 1. The summed E-state index contributed by atoms with van der Waals surface area (Å²) in [4.78, 5) is 26.4. The van der Waals surface area contributed by atoms with E-state index in [9.17, 15) is 9.59 Å². The van der Waals surface area contributed by atoms with Crippen molar-refractivity contribution in [3.8, 4) is 5.75 Å². The van der Waals surface area contributed by atoms with Crippen molar-refractivity contribution < 1.29 is 19.1 Å². The summed E-state index contributed by atoms with van der Waals surface area (Å²) in [5.74, 6) is 0.521. The zero-order valence-electron chi connectivity index (χ0n) is 15.4. The van der Waals surface area contributed by atoms with Gasteiger partial charge in [-0.05, 0) is 36.8 Å². The highest BCUT2D eigenvalue weighted by Crippen LogP contribution is 2.14. The van der Waals surface area contributed by atoms with Gasteiger partial charge in [-0.25, -0.2) is 0 Å². The largest absolute Gasteiger partial charge is 0.481 e. The van der Waals surface area contributed by atoms with Crippen LogP contribution in [0.15, 0.2) is 54.6 Å². The van der Waals surface area contributed by atoms with Gasteiger partial charge in [0, 0.05) is 18.8 Å². The average Bonchev–Trinajstić information content (AvgIpc) is 2.71. The molecule has 1 aliphatic rings. The molecular weight excluding hydrogens is 344 g/mol. The van der Waals surface area contributed by atoms with Crippen LogP contribution in [-0.2, 0) is 20.7 Å². The van der Waals surface area contributed by atoms with Gasteiger partial charge in [-0.3, -0.25) is 9.59 Å². The minimum atomic E-state index is -0.616. The summed E-state index contributed by atoms with van der Waals surface area (Å²) in [5.41, 5.74) is 1.59. The van der Waals surface area contributed by atoms with Crippen LogP contribution >= 0.6 is 0 Å². The van der Waals surface area contributed by atoms with Crippen molar-refractivity contribution in [3.05, 3.63) is 60.2 Å². The van der Waals surface area contributed by atoms with Crippen molar-refractivity contribution in [3.63, 3.8) is 0 Å². The van der Waals surface area contributed by atoms with Crippen LogP contribution < -0.4 is 10.1 Å². The number of nitrogens with one attached hydrogen (secondary N) is 1. The Balaban J connectivity index is 1.50. The number of para-hydroxylation sites is 1. The van der Waals surface area contributed by atoms with Crippen LogP contribution in [0.1, 0.15) is 12.5 Å². The van der Waals surface area contributed by atoms with Crippen molar-refractivity contribution in [1.82, 2.24) is 4.90 Å². The van der Waals surface area contributed by atoms with Gasteiger partial charge in [0.25, 0.3) is 5.91 Å². The number of ether oxygens (including phenoxy) is 2. The van der Waals surface area contributed by atoms with E-state index in [2.05, 4.69) is 5.32 Å². The first kappa shape index (κ1) is 18.9. The van der Waals surface area contributed by atoms with Crippen molar-refractivity contribution in [2.24, 2.45) is 0 Å².